The van der Waals surface area contributed by atoms with Gasteiger partial charge in [-0.3, -0.25) is 4.79 Å². The zero-order chi connectivity index (χ0) is 18.3. The monoisotopic (exact) mass is 374 g/mol. The maximum atomic E-state index is 13.2. The molecule has 7 heteroatoms. The van der Waals surface area contributed by atoms with Gasteiger partial charge in [-0.2, -0.15) is 0 Å². The molecular weight excluding hydrogens is 348 g/mol. The van der Waals surface area contributed by atoms with Crippen molar-refractivity contribution in [2.45, 2.75) is 27.2 Å². The van der Waals surface area contributed by atoms with Gasteiger partial charge in [0.2, 0.25) is 0 Å². The summed E-state index contributed by atoms with van der Waals surface area (Å²) < 4.78 is 5.46. The van der Waals surface area contributed by atoms with Crippen LogP contribution in [0, 0.1) is 18.8 Å². The molecule has 4 rings (SSSR count). The van der Waals surface area contributed by atoms with Crippen molar-refractivity contribution in [3.8, 4) is 0 Å². The van der Waals surface area contributed by atoms with Gasteiger partial charge in [-0.15, -0.1) is 11.3 Å². The van der Waals surface area contributed by atoms with E-state index >= 15 is 0 Å². The van der Waals surface area contributed by atoms with Crippen molar-refractivity contribution in [3.63, 3.8) is 0 Å². The average molecular weight is 375 g/mol. The van der Waals surface area contributed by atoms with Gasteiger partial charge in [-0.05, 0) is 30.7 Å². The van der Waals surface area contributed by atoms with Crippen molar-refractivity contribution in [2.24, 2.45) is 11.8 Å². The number of ether oxygens (including phenoxy) is 1. The molecule has 2 fully saturated rings. The smallest absolute Gasteiger partial charge is 0.264 e. The summed E-state index contributed by atoms with van der Waals surface area (Å²) in [4.78, 5) is 28.2. The minimum atomic E-state index is 0.150. The number of carbonyl (C=O) groups is 1. The van der Waals surface area contributed by atoms with E-state index in [-0.39, 0.29) is 5.91 Å². The Labute approximate surface area is 158 Å². The quantitative estimate of drug-likeness (QED) is 0.809. The number of aryl methyl sites for hydroxylation is 1. The standard InChI is InChI=1S/C19H26N4O2S/c1-12-8-13(2)10-23(9-12)19(24)16-14(3)15-17(20-11-21-18(15)26-16)22-4-6-25-7-5-22/h11-13H,4-10H2,1-3H3. The number of rotatable bonds is 2. The molecule has 0 saturated carbocycles. The highest BCUT2D eigenvalue weighted by molar-refractivity contribution is 7.20. The van der Waals surface area contributed by atoms with Crippen LogP contribution in [0.5, 0.6) is 0 Å². The van der Waals surface area contributed by atoms with Crippen LogP contribution in [0.3, 0.4) is 0 Å². The molecule has 0 N–H and O–H groups in total. The van der Waals surface area contributed by atoms with E-state index in [1.165, 1.54) is 17.8 Å². The van der Waals surface area contributed by atoms with Crippen molar-refractivity contribution >= 4 is 33.3 Å². The van der Waals surface area contributed by atoms with Crippen LogP contribution in [0.2, 0.25) is 0 Å². The van der Waals surface area contributed by atoms with Crippen LogP contribution in [-0.2, 0) is 4.74 Å². The van der Waals surface area contributed by atoms with E-state index in [0.717, 1.165) is 52.7 Å². The van der Waals surface area contributed by atoms with E-state index in [1.54, 1.807) is 6.33 Å². The minimum Gasteiger partial charge on any atom is -0.378 e. The molecule has 0 spiro atoms. The summed E-state index contributed by atoms with van der Waals surface area (Å²) in [6.07, 6.45) is 2.81. The Hall–Kier alpha value is -1.73. The van der Waals surface area contributed by atoms with Crippen LogP contribution in [-0.4, -0.2) is 60.2 Å². The number of hydrogen-bond donors (Lipinski definition) is 0. The largest absolute Gasteiger partial charge is 0.378 e. The lowest BCUT2D eigenvalue weighted by Crippen LogP contribution is -2.42. The first-order valence-corrected chi connectivity index (χ1v) is 10.2. The molecular formula is C19H26N4O2S. The van der Waals surface area contributed by atoms with Gasteiger partial charge in [-0.25, -0.2) is 9.97 Å². The maximum Gasteiger partial charge on any atom is 0.264 e. The minimum absolute atomic E-state index is 0.150. The molecule has 2 atom stereocenters. The summed E-state index contributed by atoms with van der Waals surface area (Å²) in [5, 5.41) is 1.03. The normalized spacial score (nSPS) is 24.3. The number of amides is 1. The van der Waals surface area contributed by atoms with Crippen LogP contribution in [0.25, 0.3) is 10.2 Å². The van der Waals surface area contributed by atoms with E-state index in [4.69, 9.17) is 4.74 Å². The molecule has 6 nitrogen and oxygen atoms in total. The zero-order valence-corrected chi connectivity index (χ0v) is 16.5. The average Bonchev–Trinajstić information content (AvgIpc) is 2.98. The molecule has 0 bridgehead atoms. The molecule has 1 amide bonds. The number of likely N-dealkylation sites (tertiary alicyclic amines) is 1. The van der Waals surface area contributed by atoms with Gasteiger partial charge in [-0.1, -0.05) is 13.8 Å². The topological polar surface area (TPSA) is 58.6 Å². The van der Waals surface area contributed by atoms with E-state index in [0.29, 0.717) is 25.0 Å². The second kappa shape index (κ2) is 7.12. The number of morpholine rings is 1. The number of anilines is 1. The molecule has 2 saturated heterocycles. The molecule has 140 valence electrons. The Morgan fingerprint density at radius 1 is 1.19 bits per heavy atom. The first-order valence-electron chi connectivity index (χ1n) is 9.40. The van der Waals surface area contributed by atoms with Crippen LogP contribution in [0.4, 0.5) is 5.82 Å². The molecule has 2 aromatic rings. The molecule has 0 radical (unpaired) electrons. The molecule has 4 heterocycles. The summed E-state index contributed by atoms with van der Waals surface area (Å²) in [6, 6.07) is 0. The van der Waals surface area contributed by atoms with Crippen LogP contribution in [0.15, 0.2) is 6.33 Å². The Kier molecular flexibility index (Phi) is 4.84. The van der Waals surface area contributed by atoms with Crippen molar-refractivity contribution in [2.75, 3.05) is 44.3 Å². The zero-order valence-electron chi connectivity index (χ0n) is 15.7. The maximum absolute atomic E-state index is 13.2. The van der Waals surface area contributed by atoms with E-state index < -0.39 is 0 Å². The van der Waals surface area contributed by atoms with Crippen molar-refractivity contribution in [1.82, 2.24) is 14.9 Å². The lowest BCUT2D eigenvalue weighted by Gasteiger charge is -2.34. The molecule has 2 aliphatic heterocycles. The molecule has 0 aliphatic carbocycles. The van der Waals surface area contributed by atoms with Crippen LogP contribution >= 0.6 is 11.3 Å². The Bertz CT molecular complexity index is 805. The first kappa shape index (κ1) is 17.7. The highest BCUT2D eigenvalue weighted by atomic mass is 32.1. The van der Waals surface area contributed by atoms with Gasteiger partial charge in [0.1, 0.15) is 17.0 Å². The first-order chi connectivity index (χ1) is 12.5. The number of thiophene rings is 1. The fourth-order valence-electron chi connectivity index (χ4n) is 4.24. The van der Waals surface area contributed by atoms with Gasteiger partial charge in [0, 0.05) is 26.2 Å². The predicted molar refractivity (Wildman–Crippen MR) is 104 cm³/mol. The highest BCUT2D eigenvalue weighted by Gasteiger charge is 2.30. The summed E-state index contributed by atoms with van der Waals surface area (Å²) in [5.41, 5.74) is 1.02. The van der Waals surface area contributed by atoms with E-state index in [1.807, 2.05) is 11.8 Å². The Balaban J connectivity index is 1.70. The second-order valence-corrected chi connectivity index (χ2v) is 8.69. The number of piperidine rings is 1. The van der Waals surface area contributed by atoms with E-state index in [9.17, 15) is 4.79 Å². The number of carbonyl (C=O) groups excluding carboxylic acids is 1. The third-order valence-electron chi connectivity index (χ3n) is 5.37. The third kappa shape index (κ3) is 3.18. The lowest BCUT2D eigenvalue weighted by molar-refractivity contribution is 0.0627. The van der Waals surface area contributed by atoms with Crippen molar-refractivity contribution in [3.05, 3.63) is 16.8 Å². The third-order valence-corrected chi connectivity index (χ3v) is 6.56. The van der Waals surface area contributed by atoms with Gasteiger partial charge >= 0.3 is 0 Å². The Morgan fingerprint density at radius 3 is 2.58 bits per heavy atom. The SMILES string of the molecule is Cc1c(C(=O)N2CC(C)CC(C)C2)sc2ncnc(N3CCOCC3)c12. The molecule has 2 unspecified atom stereocenters. The summed E-state index contributed by atoms with van der Waals surface area (Å²) >= 11 is 1.51. The predicted octanol–water partition coefficient (Wildman–Crippen LogP) is 2.95. The van der Waals surface area contributed by atoms with Gasteiger partial charge in [0.15, 0.2) is 0 Å². The summed E-state index contributed by atoms with van der Waals surface area (Å²) in [7, 11) is 0. The molecule has 26 heavy (non-hydrogen) atoms. The van der Waals surface area contributed by atoms with Crippen LogP contribution < -0.4 is 4.90 Å². The molecule has 2 aromatic heterocycles. The van der Waals surface area contributed by atoms with Gasteiger partial charge in [0.25, 0.3) is 5.91 Å². The fraction of sp³-hybridized carbons (Fsp3) is 0.632. The Morgan fingerprint density at radius 2 is 1.88 bits per heavy atom. The van der Waals surface area contributed by atoms with Crippen LogP contribution in [0.1, 0.15) is 35.5 Å². The van der Waals surface area contributed by atoms with Crippen molar-refractivity contribution in [1.29, 1.82) is 0 Å². The lowest BCUT2D eigenvalue weighted by atomic mass is 9.92. The molecule has 2 aliphatic rings. The number of hydrogen-bond acceptors (Lipinski definition) is 6. The number of nitrogens with zero attached hydrogens (tertiary/aromatic N) is 4. The fourth-order valence-corrected chi connectivity index (χ4v) is 5.36. The number of aromatic nitrogens is 2. The van der Waals surface area contributed by atoms with Crippen molar-refractivity contribution < 1.29 is 9.53 Å². The van der Waals surface area contributed by atoms with Gasteiger partial charge in [0.05, 0.1) is 23.5 Å². The number of fused-ring (bicyclic) bond motifs is 1. The second-order valence-electron chi connectivity index (χ2n) is 7.69. The van der Waals surface area contributed by atoms with E-state index in [2.05, 4.69) is 28.7 Å². The summed E-state index contributed by atoms with van der Waals surface area (Å²) in [5.74, 6) is 2.20. The van der Waals surface area contributed by atoms with Gasteiger partial charge < -0.3 is 14.5 Å². The summed E-state index contributed by atoms with van der Waals surface area (Å²) in [6.45, 7) is 11.3. The highest BCUT2D eigenvalue weighted by Crippen LogP contribution is 2.36. The molecule has 0 aromatic carbocycles.